The zero-order valence-electron chi connectivity index (χ0n) is 30.0. The van der Waals surface area contributed by atoms with Crippen molar-refractivity contribution in [3.8, 4) is 16.9 Å². The van der Waals surface area contributed by atoms with Crippen LogP contribution in [0.1, 0.15) is 68.0 Å². The van der Waals surface area contributed by atoms with Crippen LogP contribution in [0, 0.1) is 18.7 Å². The number of rotatable bonds is 12. The maximum atomic E-state index is 14.2. The van der Waals surface area contributed by atoms with E-state index in [-0.39, 0.29) is 34.8 Å². The molecule has 258 valence electrons. The van der Waals surface area contributed by atoms with Gasteiger partial charge in [0.05, 0.1) is 18.1 Å². The van der Waals surface area contributed by atoms with E-state index >= 15 is 0 Å². The molecule has 1 fully saturated rings. The average molecular weight is 686 g/mol. The van der Waals surface area contributed by atoms with Crippen LogP contribution in [0.5, 0.6) is 5.75 Å². The van der Waals surface area contributed by atoms with Gasteiger partial charge in [-0.1, -0.05) is 123 Å². The van der Waals surface area contributed by atoms with Gasteiger partial charge in [0.15, 0.2) is 8.32 Å². The Labute approximate surface area is 298 Å². The van der Waals surface area contributed by atoms with Gasteiger partial charge in [-0.2, -0.15) is 0 Å². The van der Waals surface area contributed by atoms with Gasteiger partial charge in [-0.05, 0) is 90.5 Å². The molecule has 6 rings (SSSR count). The largest absolute Gasteiger partial charge is 0.489 e. The van der Waals surface area contributed by atoms with Crippen LogP contribution in [0.4, 0.5) is 10.1 Å². The number of ether oxygens (including phenoxy) is 1. The number of hydrogen-bond acceptors (Lipinski definition) is 3. The number of amides is 1. The molecule has 0 aromatic heterocycles. The zero-order chi connectivity index (χ0) is 35.5. The third-order valence-corrected chi connectivity index (χ3v) is 14.9. The smallest absolute Gasteiger partial charge is 0.233 e. The molecular formula is C44H48FNO3Si. The molecule has 1 aliphatic heterocycles. The number of carbonyl (C=O) groups excluding carboxylic acids is 1. The quantitative estimate of drug-likeness (QED) is 0.0969. The predicted molar refractivity (Wildman–Crippen MR) is 204 cm³/mol. The van der Waals surface area contributed by atoms with Crippen LogP contribution in [-0.2, 0) is 15.8 Å². The highest BCUT2D eigenvalue weighted by Crippen LogP contribution is 2.50. The Morgan fingerprint density at radius 2 is 1.42 bits per heavy atom. The van der Waals surface area contributed by atoms with Crippen molar-refractivity contribution in [3.05, 3.63) is 155 Å². The Hall–Kier alpha value is -4.52. The Balaban J connectivity index is 1.37. The number of nitrogens with zero attached hydrogens (tertiary/aromatic N) is 1. The average Bonchev–Trinajstić information content (AvgIpc) is 3.10. The normalized spacial score (nSPS) is 16.9. The van der Waals surface area contributed by atoms with Crippen LogP contribution < -0.4 is 9.64 Å². The Morgan fingerprint density at radius 1 is 0.800 bits per heavy atom. The Bertz CT molecular complexity index is 1890. The minimum absolute atomic E-state index is 0.00555. The number of β-lactam (4-membered cyclic amide) rings is 1. The van der Waals surface area contributed by atoms with Gasteiger partial charge < -0.3 is 14.1 Å². The molecule has 1 aliphatic rings. The highest BCUT2D eigenvalue weighted by atomic mass is 28.4. The van der Waals surface area contributed by atoms with Crippen molar-refractivity contribution in [1.29, 1.82) is 0 Å². The molecule has 5 aromatic carbocycles. The Morgan fingerprint density at radius 3 is 2.06 bits per heavy atom. The molecule has 0 N–H and O–H groups in total. The van der Waals surface area contributed by atoms with Crippen molar-refractivity contribution < 1.29 is 18.3 Å². The van der Waals surface area contributed by atoms with Gasteiger partial charge in [0, 0.05) is 11.3 Å². The maximum Gasteiger partial charge on any atom is 0.233 e. The van der Waals surface area contributed by atoms with Crippen molar-refractivity contribution in [2.45, 2.75) is 77.4 Å². The third kappa shape index (κ3) is 7.77. The molecule has 0 spiro atoms. The SMILES string of the molecule is Cc1ccc(-c2ccc([C@@H]3[C@@H](CC[C@@H](O[Si](C)(C)C(C)(C)C)c4ccc(F)cc4)C(=O)N3c3ccccc3)c(OCc3ccccc3)c2)cc1. The van der Waals surface area contributed by atoms with Gasteiger partial charge >= 0.3 is 0 Å². The van der Waals surface area contributed by atoms with E-state index in [9.17, 15) is 9.18 Å². The number of para-hydroxylation sites is 1. The first-order valence-corrected chi connectivity index (χ1v) is 20.5. The summed E-state index contributed by atoms with van der Waals surface area (Å²) < 4.78 is 27.7. The molecule has 0 saturated carbocycles. The van der Waals surface area contributed by atoms with E-state index in [0.29, 0.717) is 19.4 Å². The summed E-state index contributed by atoms with van der Waals surface area (Å²) in [5, 5.41) is -0.00555. The van der Waals surface area contributed by atoms with Crippen LogP contribution in [0.2, 0.25) is 18.1 Å². The standard InChI is InChI=1S/C44H48FNO3Si/c1-31-17-19-33(20-18-31)35-23-26-38(41(29-35)48-30-32-13-9-7-10-14-32)42-39(43(47)46(42)37-15-11-8-12-16-37)27-28-40(34-21-24-36(45)25-22-34)49-50(5,6)44(2,3)4/h7-26,29,39-40,42H,27-28,30H2,1-6H3/t39-,40-,42-/m1/s1. The number of aryl methyl sites for hydroxylation is 1. The molecule has 50 heavy (non-hydrogen) atoms. The lowest BCUT2D eigenvalue weighted by Crippen LogP contribution is -2.55. The van der Waals surface area contributed by atoms with E-state index in [1.807, 2.05) is 65.6 Å². The summed E-state index contributed by atoms with van der Waals surface area (Å²) in [7, 11) is -2.20. The van der Waals surface area contributed by atoms with Gasteiger partial charge in [0.1, 0.15) is 18.2 Å². The van der Waals surface area contributed by atoms with Gasteiger partial charge in [-0.25, -0.2) is 4.39 Å². The van der Waals surface area contributed by atoms with Crippen molar-refractivity contribution in [2.75, 3.05) is 4.90 Å². The van der Waals surface area contributed by atoms with Crippen LogP contribution >= 0.6 is 0 Å². The second kappa shape index (κ2) is 14.8. The molecular weight excluding hydrogens is 638 g/mol. The molecule has 4 nitrogen and oxygen atoms in total. The van der Waals surface area contributed by atoms with Crippen LogP contribution in [0.3, 0.4) is 0 Å². The van der Waals surface area contributed by atoms with Crippen LogP contribution in [0.15, 0.2) is 127 Å². The Kier molecular flexibility index (Phi) is 10.4. The topological polar surface area (TPSA) is 38.8 Å². The van der Waals surface area contributed by atoms with Gasteiger partial charge in [-0.15, -0.1) is 0 Å². The van der Waals surface area contributed by atoms with Crippen LogP contribution in [0.25, 0.3) is 11.1 Å². The fourth-order valence-corrected chi connectivity index (χ4v) is 7.78. The lowest BCUT2D eigenvalue weighted by Gasteiger charge is -2.48. The van der Waals surface area contributed by atoms with E-state index in [0.717, 1.165) is 39.3 Å². The van der Waals surface area contributed by atoms with E-state index in [2.05, 4.69) is 95.4 Å². The summed E-state index contributed by atoms with van der Waals surface area (Å²) in [5.74, 6) is 0.293. The highest BCUT2D eigenvalue weighted by molar-refractivity contribution is 6.74. The van der Waals surface area contributed by atoms with E-state index < -0.39 is 8.32 Å². The lowest BCUT2D eigenvalue weighted by molar-refractivity contribution is -0.131. The molecule has 1 amide bonds. The van der Waals surface area contributed by atoms with E-state index in [1.165, 1.54) is 17.7 Å². The van der Waals surface area contributed by atoms with Crippen molar-refractivity contribution in [2.24, 2.45) is 5.92 Å². The van der Waals surface area contributed by atoms with Gasteiger partial charge in [0.25, 0.3) is 0 Å². The van der Waals surface area contributed by atoms with E-state index in [4.69, 9.17) is 9.16 Å². The molecule has 0 bridgehead atoms. The number of anilines is 1. The molecule has 0 radical (unpaired) electrons. The summed E-state index contributed by atoms with van der Waals surface area (Å²) >= 11 is 0. The van der Waals surface area contributed by atoms with E-state index in [1.54, 1.807) is 0 Å². The monoisotopic (exact) mass is 685 g/mol. The molecule has 1 saturated heterocycles. The van der Waals surface area contributed by atoms with Crippen molar-refractivity contribution in [1.82, 2.24) is 0 Å². The van der Waals surface area contributed by atoms with Gasteiger partial charge in [-0.3, -0.25) is 4.79 Å². The number of benzene rings is 5. The summed E-state index contributed by atoms with van der Waals surface area (Å²) in [5.41, 5.74) is 7.23. The summed E-state index contributed by atoms with van der Waals surface area (Å²) in [6.45, 7) is 13.7. The first-order chi connectivity index (χ1) is 23.9. The third-order valence-electron chi connectivity index (χ3n) is 10.4. The summed E-state index contributed by atoms with van der Waals surface area (Å²) in [6, 6.07) is 41.4. The second-order valence-corrected chi connectivity index (χ2v) is 19.7. The fraction of sp³-hybridized carbons (Fsp3) is 0.295. The molecule has 6 heteroatoms. The van der Waals surface area contributed by atoms with Gasteiger partial charge in [0.2, 0.25) is 5.91 Å². The number of hydrogen-bond donors (Lipinski definition) is 0. The number of carbonyl (C=O) groups is 1. The highest BCUT2D eigenvalue weighted by Gasteiger charge is 2.50. The minimum Gasteiger partial charge on any atom is -0.489 e. The summed E-state index contributed by atoms with van der Waals surface area (Å²) in [4.78, 5) is 16.1. The van der Waals surface area contributed by atoms with Crippen molar-refractivity contribution in [3.63, 3.8) is 0 Å². The molecule has 3 atom stereocenters. The zero-order valence-corrected chi connectivity index (χ0v) is 31.0. The fourth-order valence-electron chi connectivity index (χ4n) is 6.46. The maximum absolute atomic E-state index is 14.2. The minimum atomic E-state index is -2.20. The molecule has 0 unspecified atom stereocenters. The first kappa shape index (κ1) is 35.3. The predicted octanol–water partition coefficient (Wildman–Crippen LogP) is 11.6. The number of halogens is 1. The lowest BCUT2D eigenvalue weighted by atomic mass is 9.77. The molecule has 0 aliphatic carbocycles. The summed E-state index contributed by atoms with van der Waals surface area (Å²) in [6.07, 6.45) is 0.991. The molecule has 5 aromatic rings. The molecule has 1 heterocycles. The van der Waals surface area contributed by atoms with Crippen molar-refractivity contribution >= 4 is 19.9 Å². The first-order valence-electron chi connectivity index (χ1n) is 17.6. The van der Waals surface area contributed by atoms with Crippen LogP contribution in [-0.4, -0.2) is 14.2 Å². The second-order valence-electron chi connectivity index (χ2n) is 15.0.